The lowest BCUT2D eigenvalue weighted by atomic mass is 10.2. The minimum atomic E-state index is -0.713. The zero-order valence-corrected chi connectivity index (χ0v) is 17.5. The van der Waals surface area contributed by atoms with E-state index in [1.165, 1.54) is 0 Å². The first-order valence-electron chi connectivity index (χ1n) is 8.86. The second-order valence-electron chi connectivity index (χ2n) is 6.43. The Kier molecular flexibility index (Phi) is 5.52. The van der Waals surface area contributed by atoms with Gasteiger partial charge in [-0.15, -0.1) is 0 Å². The van der Waals surface area contributed by atoms with Gasteiger partial charge < -0.3 is 9.26 Å². The van der Waals surface area contributed by atoms with Crippen LogP contribution in [0.2, 0.25) is 10.0 Å². The van der Waals surface area contributed by atoms with E-state index >= 15 is 0 Å². The van der Waals surface area contributed by atoms with Crippen LogP contribution < -0.4 is 0 Å². The SMILES string of the molecule is Cc1cc(C)n(-c2ccc(Cl)c(C(=O)OCc3nc(-c4ccc(Cl)cc4)no3)n2)n1. The molecule has 0 bridgehead atoms. The van der Waals surface area contributed by atoms with Crippen molar-refractivity contribution in [2.45, 2.75) is 20.5 Å². The van der Waals surface area contributed by atoms with Crippen LogP contribution in [0, 0.1) is 13.8 Å². The normalized spacial score (nSPS) is 10.9. The fraction of sp³-hybridized carbons (Fsp3) is 0.150. The van der Waals surface area contributed by atoms with E-state index in [9.17, 15) is 4.79 Å². The second-order valence-corrected chi connectivity index (χ2v) is 7.28. The van der Waals surface area contributed by atoms with E-state index in [1.54, 1.807) is 41.1 Å². The number of hydrogen-bond donors (Lipinski definition) is 0. The van der Waals surface area contributed by atoms with Gasteiger partial charge in [-0.1, -0.05) is 28.4 Å². The number of rotatable bonds is 5. The van der Waals surface area contributed by atoms with Crippen LogP contribution in [-0.2, 0) is 11.3 Å². The summed E-state index contributed by atoms with van der Waals surface area (Å²) >= 11 is 12.0. The number of halogens is 2. The first-order chi connectivity index (χ1) is 14.4. The Morgan fingerprint density at radius 2 is 1.87 bits per heavy atom. The van der Waals surface area contributed by atoms with E-state index in [0.29, 0.717) is 16.7 Å². The van der Waals surface area contributed by atoms with Gasteiger partial charge in [0.25, 0.3) is 5.89 Å². The van der Waals surface area contributed by atoms with Crippen LogP contribution in [-0.4, -0.2) is 30.9 Å². The van der Waals surface area contributed by atoms with Crippen molar-refractivity contribution in [3.05, 3.63) is 75.5 Å². The molecule has 0 fully saturated rings. The number of carbonyl (C=O) groups excluding carboxylic acids is 1. The highest BCUT2D eigenvalue weighted by molar-refractivity contribution is 6.33. The first-order valence-corrected chi connectivity index (χ1v) is 9.62. The molecular weight excluding hydrogens is 429 g/mol. The highest BCUT2D eigenvalue weighted by Crippen LogP contribution is 2.21. The third kappa shape index (κ3) is 4.19. The molecule has 0 unspecified atom stereocenters. The monoisotopic (exact) mass is 443 g/mol. The molecule has 3 heterocycles. The van der Waals surface area contributed by atoms with Crippen molar-refractivity contribution in [1.82, 2.24) is 24.9 Å². The van der Waals surface area contributed by atoms with Crippen LogP contribution in [0.3, 0.4) is 0 Å². The van der Waals surface area contributed by atoms with E-state index in [-0.39, 0.29) is 23.2 Å². The Hall–Kier alpha value is -3.23. The van der Waals surface area contributed by atoms with Gasteiger partial charge >= 0.3 is 5.97 Å². The van der Waals surface area contributed by atoms with E-state index < -0.39 is 5.97 Å². The summed E-state index contributed by atoms with van der Waals surface area (Å²) in [5.74, 6) is 0.244. The quantitative estimate of drug-likeness (QED) is 0.415. The predicted octanol–water partition coefficient (Wildman–Crippen LogP) is 4.60. The van der Waals surface area contributed by atoms with Crippen molar-refractivity contribution >= 4 is 29.2 Å². The van der Waals surface area contributed by atoms with Gasteiger partial charge in [-0.2, -0.15) is 10.1 Å². The van der Waals surface area contributed by atoms with Crippen LogP contribution in [0.4, 0.5) is 0 Å². The van der Waals surface area contributed by atoms with Gasteiger partial charge in [0.2, 0.25) is 5.82 Å². The van der Waals surface area contributed by atoms with Crippen molar-refractivity contribution in [3.63, 3.8) is 0 Å². The molecule has 0 aliphatic heterocycles. The number of benzene rings is 1. The summed E-state index contributed by atoms with van der Waals surface area (Å²) in [6, 6.07) is 12.1. The van der Waals surface area contributed by atoms with Crippen molar-refractivity contribution in [2.24, 2.45) is 0 Å². The molecule has 0 atom stereocenters. The molecule has 0 radical (unpaired) electrons. The van der Waals surface area contributed by atoms with Gasteiger partial charge in [0.15, 0.2) is 18.1 Å². The Balaban J connectivity index is 1.49. The molecule has 0 saturated heterocycles. The Morgan fingerprint density at radius 3 is 2.57 bits per heavy atom. The molecule has 0 spiro atoms. The minimum absolute atomic E-state index is 0.0286. The maximum atomic E-state index is 12.5. The lowest BCUT2D eigenvalue weighted by Gasteiger charge is -2.07. The second kappa shape index (κ2) is 8.25. The number of pyridine rings is 1. The van der Waals surface area contributed by atoms with E-state index in [0.717, 1.165) is 17.0 Å². The van der Waals surface area contributed by atoms with Gasteiger partial charge in [-0.25, -0.2) is 14.5 Å². The number of ether oxygens (including phenoxy) is 1. The lowest BCUT2D eigenvalue weighted by Crippen LogP contribution is -2.11. The highest BCUT2D eigenvalue weighted by Gasteiger charge is 2.18. The third-order valence-corrected chi connectivity index (χ3v) is 4.71. The molecule has 8 nitrogen and oxygen atoms in total. The zero-order chi connectivity index (χ0) is 21.3. The molecule has 4 aromatic rings. The summed E-state index contributed by atoms with van der Waals surface area (Å²) in [4.78, 5) is 21.0. The standard InChI is InChI=1S/C20H15Cl2N5O3/c1-11-9-12(2)27(25-11)16-8-7-15(22)18(23-16)20(28)29-10-17-24-19(26-30-17)13-3-5-14(21)6-4-13/h3-9H,10H2,1-2H3. The molecule has 0 aliphatic carbocycles. The molecule has 3 aromatic heterocycles. The number of carbonyl (C=O) groups is 1. The molecule has 4 rings (SSSR count). The van der Waals surface area contributed by atoms with Gasteiger partial charge in [0.05, 0.1) is 10.7 Å². The summed E-state index contributed by atoms with van der Waals surface area (Å²) in [6.07, 6.45) is 0. The molecule has 30 heavy (non-hydrogen) atoms. The van der Waals surface area contributed by atoms with Crippen LogP contribution in [0.15, 0.2) is 47.0 Å². The molecule has 0 N–H and O–H groups in total. The van der Waals surface area contributed by atoms with E-state index in [2.05, 4.69) is 20.2 Å². The first kappa shape index (κ1) is 20.1. The van der Waals surface area contributed by atoms with Crippen LogP contribution in [0.1, 0.15) is 27.8 Å². The fourth-order valence-electron chi connectivity index (χ4n) is 2.78. The third-order valence-electron chi connectivity index (χ3n) is 4.15. The Bertz CT molecular complexity index is 1220. The lowest BCUT2D eigenvalue weighted by molar-refractivity contribution is 0.0423. The number of hydrogen-bond acceptors (Lipinski definition) is 7. The number of aromatic nitrogens is 5. The largest absolute Gasteiger partial charge is 0.451 e. The van der Waals surface area contributed by atoms with Crippen molar-refractivity contribution < 1.29 is 14.1 Å². The molecular formula is C20H15Cl2N5O3. The molecule has 0 amide bonds. The number of aryl methyl sites for hydroxylation is 2. The summed E-state index contributed by atoms with van der Waals surface area (Å²) in [7, 11) is 0. The summed E-state index contributed by atoms with van der Waals surface area (Å²) in [5.41, 5.74) is 2.41. The molecule has 10 heteroatoms. The van der Waals surface area contributed by atoms with Crippen molar-refractivity contribution in [2.75, 3.05) is 0 Å². The van der Waals surface area contributed by atoms with Gasteiger partial charge in [0.1, 0.15) is 0 Å². The molecule has 0 aliphatic rings. The van der Waals surface area contributed by atoms with E-state index in [1.807, 2.05) is 19.9 Å². The summed E-state index contributed by atoms with van der Waals surface area (Å²) < 4.78 is 12.0. The number of esters is 1. The summed E-state index contributed by atoms with van der Waals surface area (Å²) in [6.45, 7) is 3.54. The molecule has 1 aromatic carbocycles. The van der Waals surface area contributed by atoms with Gasteiger partial charge in [0, 0.05) is 16.3 Å². The van der Waals surface area contributed by atoms with Crippen molar-refractivity contribution in [3.8, 4) is 17.2 Å². The average Bonchev–Trinajstić information content (AvgIpc) is 3.33. The fourth-order valence-corrected chi connectivity index (χ4v) is 3.09. The highest BCUT2D eigenvalue weighted by atomic mass is 35.5. The number of nitrogens with zero attached hydrogens (tertiary/aromatic N) is 5. The Labute approximate surface area is 181 Å². The van der Waals surface area contributed by atoms with Crippen LogP contribution >= 0.6 is 23.2 Å². The molecule has 152 valence electrons. The van der Waals surface area contributed by atoms with Crippen LogP contribution in [0.5, 0.6) is 0 Å². The van der Waals surface area contributed by atoms with Gasteiger partial charge in [-0.05, 0) is 56.3 Å². The van der Waals surface area contributed by atoms with Crippen molar-refractivity contribution in [1.29, 1.82) is 0 Å². The zero-order valence-electron chi connectivity index (χ0n) is 16.0. The maximum Gasteiger partial charge on any atom is 0.359 e. The predicted molar refractivity (Wildman–Crippen MR) is 110 cm³/mol. The van der Waals surface area contributed by atoms with Crippen LogP contribution in [0.25, 0.3) is 17.2 Å². The summed E-state index contributed by atoms with van der Waals surface area (Å²) in [5, 5.41) is 9.00. The molecule has 0 saturated carbocycles. The topological polar surface area (TPSA) is 95.9 Å². The average molecular weight is 444 g/mol. The minimum Gasteiger partial charge on any atom is -0.451 e. The van der Waals surface area contributed by atoms with E-state index in [4.69, 9.17) is 32.5 Å². The van der Waals surface area contributed by atoms with Gasteiger partial charge in [-0.3, -0.25) is 0 Å². The maximum absolute atomic E-state index is 12.5. The smallest absolute Gasteiger partial charge is 0.359 e. The Morgan fingerprint density at radius 1 is 1.10 bits per heavy atom.